The van der Waals surface area contributed by atoms with Gasteiger partial charge in [-0.2, -0.15) is 5.10 Å². The lowest BCUT2D eigenvalue weighted by Crippen LogP contribution is -2.27. The Morgan fingerprint density at radius 3 is 2.57 bits per heavy atom. The average molecular weight is 373 g/mol. The predicted molar refractivity (Wildman–Crippen MR) is 81.2 cm³/mol. The molecule has 3 N–H and O–H groups in total. The minimum Gasteiger partial charge on any atom is -0.311 e. The van der Waals surface area contributed by atoms with E-state index in [2.05, 4.69) is 36.2 Å². The fourth-order valence-electron chi connectivity index (χ4n) is 1.53. The van der Waals surface area contributed by atoms with Gasteiger partial charge in [-0.1, -0.05) is 15.9 Å². The first-order chi connectivity index (χ1) is 9.97. The summed E-state index contributed by atoms with van der Waals surface area (Å²) in [6, 6.07) is 7.84. The fourth-order valence-corrected chi connectivity index (χ4v) is 2.83. The summed E-state index contributed by atoms with van der Waals surface area (Å²) < 4.78 is 27.1. The number of sulfonamides is 1. The second kappa shape index (κ2) is 6.83. The van der Waals surface area contributed by atoms with Crippen molar-refractivity contribution < 1.29 is 13.2 Å². The Morgan fingerprint density at radius 1 is 1.24 bits per heavy atom. The molecule has 1 aromatic heterocycles. The molecule has 0 aliphatic carbocycles. The van der Waals surface area contributed by atoms with E-state index in [1.54, 1.807) is 18.2 Å². The molecule has 0 spiro atoms. The van der Waals surface area contributed by atoms with E-state index in [1.165, 1.54) is 18.3 Å². The van der Waals surface area contributed by atoms with Crippen molar-refractivity contribution in [3.05, 3.63) is 41.0 Å². The summed E-state index contributed by atoms with van der Waals surface area (Å²) in [5, 5.41) is 8.82. The largest absolute Gasteiger partial charge is 0.311 e. The molecule has 0 aliphatic rings. The fraction of sp³-hybridized carbons (Fsp3) is 0.167. The van der Waals surface area contributed by atoms with Gasteiger partial charge in [-0.25, -0.2) is 13.1 Å². The topological polar surface area (TPSA) is 104 Å². The predicted octanol–water partition coefficient (Wildman–Crippen LogP) is 1.48. The molecule has 9 heteroatoms. The van der Waals surface area contributed by atoms with Crippen molar-refractivity contribution in [1.82, 2.24) is 14.9 Å². The molecule has 0 aliphatic heterocycles. The summed E-state index contributed by atoms with van der Waals surface area (Å²) in [7, 11) is -3.61. The molecule has 1 heterocycles. The van der Waals surface area contributed by atoms with Crippen molar-refractivity contribution in [2.75, 3.05) is 11.9 Å². The summed E-state index contributed by atoms with van der Waals surface area (Å²) in [4.78, 5) is 11.7. The summed E-state index contributed by atoms with van der Waals surface area (Å²) in [5.74, 6) is 0.161. The van der Waals surface area contributed by atoms with Gasteiger partial charge in [-0.05, 0) is 24.3 Å². The Labute approximate surface area is 130 Å². The van der Waals surface area contributed by atoms with Crippen molar-refractivity contribution in [2.24, 2.45) is 0 Å². The van der Waals surface area contributed by atoms with E-state index < -0.39 is 10.0 Å². The molecule has 0 atom stereocenters. The third kappa shape index (κ3) is 4.66. The first kappa shape index (κ1) is 15.7. The van der Waals surface area contributed by atoms with Gasteiger partial charge in [0.25, 0.3) is 0 Å². The minimum atomic E-state index is -3.61. The normalized spacial score (nSPS) is 11.3. The third-order valence-electron chi connectivity index (χ3n) is 2.54. The number of hydrogen-bond donors (Lipinski definition) is 3. The van der Waals surface area contributed by atoms with E-state index in [0.29, 0.717) is 5.82 Å². The van der Waals surface area contributed by atoms with E-state index in [1.807, 2.05) is 0 Å². The first-order valence-corrected chi connectivity index (χ1v) is 8.29. The number of carbonyl (C=O) groups excluding carboxylic acids is 1. The van der Waals surface area contributed by atoms with E-state index in [-0.39, 0.29) is 23.8 Å². The Balaban J connectivity index is 1.84. The Bertz CT molecular complexity index is 699. The molecule has 0 bridgehead atoms. The number of rotatable bonds is 6. The van der Waals surface area contributed by atoms with Gasteiger partial charge < -0.3 is 5.32 Å². The summed E-state index contributed by atoms with van der Waals surface area (Å²) >= 11 is 3.24. The molecule has 2 rings (SSSR count). The molecule has 112 valence electrons. The van der Waals surface area contributed by atoms with Crippen LogP contribution in [0.3, 0.4) is 0 Å². The van der Waals surface area contributed by atoms with Gasteiger partial charge in [0.1, 0.15) is 5.82 Å². The molecule has 0 radical (unpaired) electrons. The monoisotopic (exact) mass is 372 g/mol. The van der Waals surface area contributed by atoms with Crippen LogP contribution in [-0.2, 0) is 14.8 Å². The minimum absolute atomic E-state index is 0.0123. The highest BCUT2D eigenvalue weighted by Gasteiger charge is 2.14. The quantitative estimate of drug-likeness (QED) is 0.714. The van der Waals surface area contributed by atoms with Crippen LogP contribution in [0.1, 0.15) is 6.42 Å². The van der Waals surface area contributed by atoms with Gasteiger partial charge in [0, 0.05) is 23.5 Å². The summed E-state index contributed by atoms with van der Waals surface area (Å²) in [5.41, 5.74) is 0. The van der Waals surface area contributed by atoms with Crippen LogP contribution in [0.2, 0.25) is 0 Å². The second-order valence-electron chi connectivity index (χ2n) is 4.12. The number of benzene rings is 1. The molecule has 0 fully saturated rings. The first-order valence-electron chi connectivity index (χ1n) is 6.02. The molecule has 0 saturated heterocycles. The van der Waals surface area contributed by atoms with E-state index in [4.69, 9.17) is 0 Å². The molecule has 7 nitrogen and oxygen atoms in total. The highest BCUT2D eigenvalue weighted by Crippen LogP contribution is 2.14. The standard InChI is InChI=1S/C12H13BrN4O3S/c13-9-1-3-10(4-2-9)21(19,20)15-8-6-12(18)16-11-5-7-14-17-11/h1-5,7,15H,6,8H2,(H2,14,16,17,18). The summed E-state index contributed by atoms with van der Waals surface area (Å²) in [6.07, 6.45) is 1.53. The van der Waals surface area contributed by atoms with Gasteiger partial charge in [0.05, 0.1) is 11.1 Å². The number of halogens is 1. The SMILES string of the molecule is O=C(CCNS(=O)(=O)c1ccc(Br)cc1)Nc1ccn[nH]1. The van der Waals surface area contributed by atoms with Crippen molar-refractivity contribution in [3.8, 4) is 0 Å². The highest BCUT2D eigenvalue weighted by atomic mass is 79.9. The van der Waals surface area contributed by atoms with E-state index in [9.17, 15) is 13.2 Å². The van der Waals surface area contributed by atoms with Crippen LogP contribution >= 0.6 is 15.9 Å². The number of hydrogen-bond acceptors (Lipinski definition) is 4. The second-order valence-corrected chi connectivity index (χ2v) is 6.80. The Morgan fingerprint density at radius 2 is 1.95 bits per heavy atom. The number of H-pyrrole nitrogens is 1. The van der Waals surface area contributed by atoms with E-state index in [0.717, 1.165) is 4.47 Å². The Kier molecular flexibility index (Phi) is 5.10. The molecule has 0 saturated carbocycles. The maximum atomic E-state index is 12.0. The highest BCUT2D eigenvalue weighted by molar-refractivity contribution is 9.10. The van der Waals surface area contributed by atoms with E-state index >= 15 is 0 Å². The number of nitrogens with one attached hydrogen (secondary N) is 3. The van der Waals surface area contributed by atoms with Gasteiger partial charge in [-0.15, -0.1) is 0 Å². The van der Waals surface area contributed by atoms with Crippen LogP contribution in [0.15, 0.2) is 45.9 Å². The average Bonchev–Trinajstić information content (AvgIpc) is 2.91. The number of nitrogens with zero attached hydrogens (tertiary/aromatic N) is 1. The number of aromatic amines is 1. The maximum absolute atomic E-state index is 12.0. The van der Waals surface area contributed by atoms with Gasteiger partial charge in [0.2, 0.25) is 15.9 Å². The van der Waals surface area contributed by atoms with Gasteiger partial charge >= 0.3 is 0 Å². The van der Waals surface area contributed by atoms with Gasteiger partial charge in [0.15, 0.2) is 0 Å². The molecule has 1 amide bonds. The number of amides is 1. The smallest absolute Gasteiger partial charge is 0.240 e. The van der Waals surface area contributed by atoms with Crippen LogP contribution in [0.25, 0.3) is 0 Å². The van der Waals surface area contributed by atoms with Crippen LogP contribution in [0.5, 0.6) is 0 Å². The van der Waals surface area contributed by atoms with Crippen LogP contribution in [0.4, 0.5) is 5.82 Å². The zero-order valence-electron chi connectivity index (χ0n) is 10.8. The zero-order chi connectivity index (χ0) is 15.3. The van der Waals surface area contributed by atoms with Crippen molar-refractivity contribution in [1.29, 1.82) is 0 Å². The van der Waals surface area contributed by atoms with Crippen LogP contribution in [0, 0.1) is 0 Å². The molecular formula is C12H13BrN4O3S. The zero-order valence-corrected chi connectivity index (χ0v) is 13.2. The molecule has 0 unspecified atom stereocenters. The molecule has 21 heavy (non-hydrogen) atoms. The Hall–Kier alpha value is -1.71. The number of aromatic nitrogens is 2. The lowest BCUT2D eigenvalue weighted by molar-refractivity contribution is -0.116. The third-order valence-corrected chi connectivity index (χ3v) is 4.55. The van der Waals surface area contributed by atoms with Crippen molar-refractivity contribution in [2.45, 2.75) is 11.3 Å². The van der Waals surface area contributed by atoms with Crippen LogP contribution < -0.4 is 10.0 Å². The van der Waals surface area contributed by atoms with Crippen molar-refractivity contribution >= 4 is 37.7 Å². The lowest BCUT2D eigenvalue weighted by Gasteiger charge is -2.07. The maximum Gasteiger partial charge on any atom is 0.240 e. The lowest BCUT2D eigenvalue weighted by atomic mass is 10.4. The van der Waals surface area contributed by atoms with Gasteiger partial charge in [-0.3, -0.25) is 9.89 Å². The molecular weight excluding hydrogens is 360 g/mol. The summed E-state index contributed by atoms with van der Waals surface area (Å²) in [6.45, 7) is 0.0123. The van der Waals surface area contributed by atoms with Crippen molar-refractivity contribution in [3.63, 3.8) is 0 Å². The van der Waals surface area contributed by atoms with Crippen LogP contribution in [-0.4, -0.2) is 31.1 Å². The molecule has 2 aromatic rings. The molecule has 1 aromatic carbocycles. The number of anilines is 1. The number of carbonyl (C=O) groups is 1.